The second-order valence-electron chi connectivity index (χ2n) is 4.74. The molecule has 0 spiro atoms. The second-order valence-corrected chi connectivity index (χ2v) is 7.20. The van der Waals surface area contributed by atoms with E-state index < -0.39 is 0 Å². The smallest absolute Gasteiger partial charge is 0.260 e. The first-order valence-electron chi connectivity index (χ1n) is 6.21. The van der Waals surface area contributed by atoms with Gasteiger partial charge in [0.1, 0.15) is 0 Å². The maximum Gasteiger partial charge on any atom is 0.260 e. The quantitative estimate of drug-likeness (QED) is 0.608. The zero-order valence-corrected chi connectivity index (χ0v) is 13.5. The lowest BCUT2D eigenvalue weighted by Gasteiger charge is -2.23. The van der Waals surface area contributed by atoms with E-state index in [1.54, 1.807) is 24.3 Å². The lowest BCUT2D eigenvalue weighted by atomic mass is 9.95. The summed E-state index contributed by atoms with van der Waals surface area (Å²) < 4.78 is 0.880. The van der Waals surface area contributed by atoms with Crippen molar-refractivity contribution in [1.82, 2.24) is 4.90 Å². The van der Waals surface area contributed by atoms with Gasteiger partial charge in [-0.2, -0.15) is 0 Å². The molecular formula is C15H10BrNO3S. The number of thiophene rings is 1. The van der Waals surface area contributed by atoms with Gasteiger partial charge in [-0.15, -0.1) is 11.3 Å². The predicted octanol–water partition coefficient (Wildman–Crippen LogP) is 2.90. The van der Waals surface area contributed by atoms with Crippen molar-refractivity contribution in [2.24, 2.45) is 0 Å². The van der Waals surface area contributed by atoms with Gasteiger partial charge in [-0.05, 0) is 39.7 Å². The lowest BCUT2D eigenvalue weighted by Crippen LogP contribution is -2.39. The zero-order chi connectivity index (χ0) is 15.1. The van der Waals surface area contributed by atoms with Crippen LogP contribution in [0.2, 0.25) is 0 Å². The maximum absolute atomic E-state index is 12.4. The molecule has 0 unspecified atom stereocenters. The van der Waals surface area contributed by atoms with Crippen LogP contribution < -0.4 is 0 Å². The first kappa shape index (κ1) is 14.2. The van der Waals surface area contributed by atoms with E-state index in [9.17, 15) is 14.4 Å². The summed E-state index contributed by atoms with van der Waals surface area (Å²) in [5, 5.41) is 0. The molecule has 3 rings (SSSR count). The normalized spacial score (nSPS) is 14.3. The SMILES string of the molecule is CN1C(=O)Cc2ccc(C(=O)c3ccc(Br)s3)cc2C1=O. The summed E-state index contributed by atoms with van der Waals surface area (Å²) in [5.41, 5.74) is 1.56. The zero-order valence-electron chi connectivity index (χ0n) is 11.1. The molecule has 1 aliphatic rings. The molecule has 21 heavy (non-hydrogen) atoms. The number of amides is 2. The van der Waals surface area contributed by atoms with Gasteiger partial charge in [-0.1, -0.05) is 12.1 Å². The van der Waals surface area contributed by atoms with E-state index in [0.717, 1.165) is 8.69 Å². The Morgan fingerprint density at radius 2 is 2.00 bits per heavy atom. The molecule has 0 saturated heterocycles. The highest BCUT2D eigenvalue weighted by molar-refractivity contribution is 9.11. The number of carbonyl (C=O) groups excluding carboxylic acids is 3. The fraction of sp³-hybridized carbons (Fsp3) is 0.133. The van der Waals surface area contributed by atoms with Crippen molar-refractivity contribution in [2.75, 3.05) is 7.05 Å². The van der Waals surface area contributed by atoms with Gasteiger partial charge in [0.05, 0.1) is 15.1 Å². The van der Waals surface area contributed by atoms with Crippen molar-refractivity contribution in [2.45, 2.75) is 6.42 Å². The minimum absolute atomic E-state index is 0.124. The summed E-state index contributed by atoms with van der Waals surface area (Å²) in [4.78, 5) is 37.9. The molecule has 1 aromatic heterocycles. The van der Waals surface area contributed by atoms with E-state index >= 15 is 0 Å². The molecule has 106 valence electrons. The third-order valence-corrected chi connectivity index (χ3v) is 5.04. The van der Waals surface area contributed by atoms with Gasteiger partial charge in [0.15, 0.2) is 0 Å². The molecule has 6 heteroatoms. The van der Waals surface area contributed by atoms with Gasteiger partial charge in [-0.3, -0.25) is 19.3 Å². The molecule has 0 fully saturated rings. The highest BCUT2D eigenvalue weighted by Gasteiger charge is 2.28. The first-order chi connectivity index (χ1) is 9.97. The van der Waals surface area contributed by atoms with Crippen LogP contribution in [0.15, 0.2) is 34.1 Å². The van der Waals surface area contributed by atoms with E-state index in [4.69, 9.17) is 0 Å². The van der Waals surface area contributed by atoms with Gasteiger partial charge in [0.25, 0.3) is 5.91 Å². The molecule has 2 heterocycles. The average Bonchev–Trinajstić information content (AvgIpc) is 2.90. The van der Waals surface area contributed by atoms with Gasteiger partial charge in [0.2, 0.25) is 11.7 Å². The number of halogens is 1. The topological polar surface area (TPSA) is 54.5 Å². The molecule has 2 aromatic rings. The molecule has 1 aromatic carbocycles. The Morgan fingerprint density at radius 1 is 1.24 bits per heavy atom. The van der Waals surface area contributed by atoms with Crippen LogP contribution in [0.4, 0.5) is 0 Å². The molecule has 0 atom stereocenters. The summed E-state index contributed by atoms with van der Waals surface area (Å²) in [7, 11) is 1.46. The van der Waals surface area contributed by atoms with Crippen LogP contribution in [-0.2, 0) is 11.2 Å². The maximum atomic E-state index is 12.4. The Kier molecular flexibility index (Phi) is 3.51. The summed E-state index contributed by atoms with van der Waals surface area (Å²) in [5.74, 6) is -0.710. The van der Waals surface area contributed by atoms with Crippen molar-refractivity contribution >= 4 is 44.9 Å². The van der Waals surface area contributed by atoms with Gasteiger partial charge >= 0.3 is 0 Å². The van der Waals surface area contributed by atoms with Crippen molar-refractivity contribution < 1.29 is 14.4 Å². The monoisotopic (exact) mass is 363 g/mol. The van der Waals surface area contributed by atoms with E-state index in [2.05, 4.69) is 15.9 Å². The summed E-state index contributed by atoms with van der Waals surface area (Å²) >= 11 is 4.67. The largest absolute Gasteiger partial charge is 0.288 e. The fourth-order valence-electron chi connectivity index (χ4n) is 2.22. The highest BCUT2D eigenvalue weighted by atomic mass is 79.9. The number of rotatable bonds is 2. The Balaban J connectivity index is 2.02. The van der Waals surface area contributed by atoms with Crippen LogP contribution in [0.3, 0.4) is 0 Å². The molecule has 2 amide bonds. The van der Waals surface area contributed by atoms with E-state index in [1.165, 1.54) is 18.4 Å². The Bertz CT molecular complexity index is 781. The molecular weight excluding hydrogens is 354 g/mol. The number of fused-ring (bicyclic) bond motifs is 1. The van der Waals surface area contributed by atoms with Crippen molar-refractivity contribution in [3.63, 3.8) is 0 Å². The van der Waals surface area contributed by atoms with E-state index in [1.807, 2.05) is 6.07 Å². The van der Waals surface area contributed by atoms with Crippen LogP contribution in [0, 0.1) is 0 Å². The van der Waals surface area contributed by atoms with Crippen LogP contribution in [0.1, 0.15) is 31.2 Å². The van der Waals surface area contributed by atoms with Gasteiger partial charge < -0.3 is 0 Å². The average molecular weight is 364 g/mol. The van der Waals surface area contributed by atoms with Crippen LogP contribution >= 0.6 is 27.3 Å². The fourth-order valence-corrected chi connectivity index (χ4v) is 3.57. The van der Waals surface area contributed by atoms with E-state index in [0.29, 0.717) is 21.6 Å². The standard InChI is InChI=1S/C15H10BrNO3S/c1-17-13(18)7-8-2-3-9(6-10(8)15(17)20)14(19)11-4-5-12(16)21-11/h2-6H,7H2,1H3. The molecule has 0 bridgehead atoms. The molecule has 0 aliphatic carbocycles. The molecule has 0 radical (unpaired) electrons. The Morgan fingerprint density at radius 3 is 2.67 bits per heavy atom. The van der Waals surface area contributed by atoms with Crippen molar-refractivity contribution in [3.8, 4) is 0 Å². The minimum Gasteiger partial charge on any atom is -0.288 e. The number of nitrogens with zero attached hydrogens (tertiary/aromatic N) is 1. The Hall–Kier alpha value is -1.79. The number of ketones is 1. The number of likely N-dealkylation sites (N-methyl/N-ethyl adjacent to an activating group) is 1. The molecule has 1 aliphatic heterocycles. The number of hydrogen-bond acceptors (Lipinski definition) is 4. The van der Waals surface area contributed by atoms with Crippen molar-refractivity contribution in [3.05, 3.63) is 55.7 Å². The second kappa shape index (κ2) is 5.20. The third-order valence-electron chi connectivity index (χ3n) is 3.42. The number of hydrogen-bond donors (Lipinski definition) is 0. The summed E-state index contributed by atoms with van der Waals surface area (Å²) in [6.07, 6.45) is 0.191. The Labute approximate surface area is 133 Å². The predicted molar refractivity (Wildman–Crippen MR) is 82.7 cm³/mol. The van der Waals surface area contributed by atoms with Crippen LogP contribution in [0.25, 0.3) is 0 Å². The first-order valence-corrected chi connectivity index (χ1v) is 7.82. The highest BCUT2D eigenvalue weighted by Crippen LogP contribution is 2.26. The molecule has 0 saturated carbocycles. The molecule has 4 nitrogen and oxygen atoms in total. The number of benzene rings is 1. The summed E-state index contributed by atoms with van der Waals surface area (Å²) in [6.45, 7) is 0. The lowest BCUT2D eigenvalue weighted by molar-refractivity contribution is -0.127. The summed E-state index contributed by atoms with van der Waals surface area (Å²) in [6, 6.07) is 8.49. The van der Waals surface area contributed by atoms with Crippen LogP contribution in [0.5, 0.6) is 0 Å². The number of carbonyl (C=O) groups is 3. The van der Waals surface area contributed by atoms with Crippen LogP contribution in [-0.4, -0.2) is 29.5 Å². The van der Waals surface area contributed by atoms with Gasteiger partial charge in [0, 0.05) is 18.2 Å². The van der Waals surface area contributed by atoms with E-state index in [-0.39, 0.29) is 24.0 Å². The van der Waals surface area contributed by atoms with Crippen molar-refractivity contribution in [1.29, 1.82) is 0 Å². The van der Waals surface area contributed by atoms with Gasteiger partial charge in [-0.25, -0.2) is 0 Å². The third kappa shape index (κ3) is 2.45. The minimum atomic E-state index is -0.358. The molecule has 0 N–H and O–H groups in total. The number of imide groups is 1.